The summed E-state index contributed by atoms with van der Waals surface area (Å²) in [5.41, 5.74) is 1.17. The van der Waals surface area contributed by atoms with Crippen molar-refractivity contribution in [2.24, 2.45) is 7.05 Å². The highest BCUT2D eigenvalue weighted by molar-refractivity contribution is 5.80. The second-order valence-electron chi connectivity index (χ2n) is 5.16. The summed E-state index contributed by atoms with van der Waals surface area (Å²) < 4.78 is 1.99. The van der Waals surface area contributed by atoms with E-state index in [-0.39, 0.29) is 5.91 Å². The van der Waals surface area contributed by atoms with Gasteiger partial charge in [-0.05, 0) is 5.56 Å². The Labute approximate surface area is 118 Å². The Balaban J connectivity index is 1.62. The van der Waals surface area contributed by atoms with Gasteiger partial charge in [-0.25, -0.2) is 4.98 Å². The van der Waals surface area contributed by atoms with Crippen molar-refractivity contribution in [3.63, 3.8) is 0 Å². The molecule has 5 heteroatoms. The van der Waals surface area contributed by atoms with E-state index in [1.165, 1.54) is 5.56 Å². The third-order valence-electron chi connectivity index (χ3n) is 3.58. The highest BCUT2D eigenvalue weighted by Crippen LogP contribution is 2.14. The van der Waals surface area contributed by atoms with Crippen LogP contribution in [-0.2, 0) is 24.9 Å². The van der Waals surface area contributed by atoms with Gasteiger partial charge in [-0.2, -0.15) is 0 Å². The fourth-order valence-electron chi connectivity index (χ4n) is 2.46. The van der Waals surface area contributed by atoms with E-state index in [2.05, 4.69) is 22.0 Å². The van der Waals surface area contributed by atoms with Gasteiger partial charge in [-0.3, -0.25) is 9.69 Å². The van der Waals surface area contributed by atoms with Crippen LogP contribution in [0.1, 0.15) is 11.4 Å². The first-order valence-electron chi connectivity index (χ1n) is 6.72. The lowest BCUT2D eigenvalue weighted by Gasteiger charge is -2.18. The Morgan fingerprint density at radius 1 is 1.20 bits per heavy atom. The first kappa shape index (κ1) is 12.9. The minimum atomic E-state index is 0.183. The maximum atomic E-state index is 12.1. The molecule has 1 fully saturated rings. The molecule has 0 bridgehead atoms. The summed E-state index contributed by atoms with van der Waals surface area (Å²) >= 11 is 0. The molecule has 3 rings (SSSR count). The Kier molecular flexibility index (Phi) is 3.52. The summed E-state index contributed by atoms with van der Waals surface area (Å²) in [5.74, 6) is 1.17. The number of benzene rings is 1. The molecule has 0 aliphatic carbocycles. The van der Waals surface area contributed by atoms with Crippen LogP contribution >= 0.6 is 0 Å². The number of carbonyl (C=O) groups excluding carboxylic acids is 1. The van der Waals surface area contributed by atoms with Crippen LogP contribution in [0.15, 0.2) is 42.7 Å². The molecule has 0 saturated carbocycles. The van der Waals surface area contributed by atoms with E-state index in [9.17, 15) is 4.79 Å². The molecule has 20 heavy (non-hydrogen) atoms. The van der Waals surface area contributed by atoms with E-state index < -0.39 is 0 Å². The van der Waals surface area contributed by atoms with Gasteiger partial charge in [0.2, 0.25) is 5.91 Å². The molecule has 0 spiro atoms. The van der Waals surface area contributed by atoms with E-state index in [0.717, 1.165) is 5.82 Å². The van der Waals surface area contributed by atoms with Crippen molar-refractivity contribution < 1.29 is 4.79 Å². The van der Waals surface area contributed by atoms with Crippen molar-refractivity contribution in [3.8, 4) is 0 Å². The van der Waals surface area contributed by atoms with E-state index in [0.29, 0.717) is 26.3 Å². The van der Waals surface area contributed by atoms with Crippen molar-refractivity contribution in [1.29, 1.82) is 0 Å². The van der Waals surface area contributed by atoms with Crippen LogP contribution in [0.4, 0.5) is 0 Å². The van der Waals surface area contributed by atoms with Gasteiger partial charge in [-0.1, -0.05) is 30.3 Å². The van der Waals surface area contributed by atoms with Crippen LogP contribution in [0.2, 0.25) is 0 Å². The summed E-state index contributed by atoms with van der Waals surface area (Å²) in [6.07, 6.45) is 3.71. The molecule has 1 amide bonds. The van der Waals surface area contributed by atoms with Gasteiger partial charge < -0.3 is 9.47 Å². The number of carbonyl (C=O) groups is 1. The van der Waals surface area contributed by atoms with E-state index in [4.69, 9.17) is 0 Å². The summed E-state index contributed by atoms with van der Waals surface area (Å²) in [4.78, 5) is 20.4. The average Bonchev–Trinajstić information content (AvgIpc) is 2.99. The third kappa shape index (κ3) is 2.72. The molecule has 0 unspecified atom stereocenters. The number of nitrogens with zero attached hydrogens (tertiary/aromatic N) is 4. The topological polar surface area (TPSA) is 41.4 Å². The zero-order valence-electron chi connectivity index (χ0n) is 11.6. The van der Waals surface area contributed by atoms with Gasteiger partial charge in [-0.15, -0.1) is 0 Å². The number of hydrogen-bond donors (Lipinski definition) is 0. The van der Waals surface area contributed by atoms with Crippen LogP contribution in [-0.4, -0.2) is 38.5 Å². The van der Waals surface area contributed by atoms with Crippen molar-refractivity contribution in [3.05, 3.63) is 54.1 Å². The molecule has 0 atom stereocenters. The standard InChI is InChI=1S/C15H18N4O/c1-17-8-7-16-14(17)10-18-11-15(20)19(12-18)9-13-5-3-2-4-6-13/h2-8H,9-12H2,1H3. The number of amides is 1. The fourth-order valence-corrected chi connectivity index (χ4v) is 2.46. The third-order valence-corrected chi connectivity index (χ3v) is 3.58. The molecule has 0 N–H and O–H groups in total. The summed E-state index contributed by atoms with van der Waals surface area (Å²) in [6.45, 7) is 2.53. The predicted octanol–water partition coefficient (Wildman–Crippen LogP) is 1.22. The van der Waals surface area contributed by atoms with Gasteiger partial charge in [0.05, 0.1) is 19.8 Å². The largest absolute Gasteiger partial charge is 0.337 e. The van der Waals surface area contributed by atoms with E-state index in [1.54, 1.807) is 6.20 Å². The lowest BCUT2D eigenvalue weighted by molar-refractivity contribution is -0.127. The lowest BCUT2D eigenvalue weighted by atomic mass is 10.2. The molecule has 2 heterocycles. The van der Waals surface area contributed by atoms with Gasteiger partial charge in [0.25, 0.3) is 0 Å². The molecule has 5 nitrogen and oxygen atoms in total. The molecular formula is C15H18N4O. The molecule has 104 valence electrons. The van der Waals surface area contributed by atoms with E-state index >= 15 is 0 Å². The monoisotopic (exact) mass is 270 g/mol. The Bertz CT molecular complexity index is 593. The lowest BCUT2D eigenvalue weighted by Crippen LogP contribution is -2.27. The quantitative estimate of drug-likeness (QED) is 0.839. The van der Waals surface area contributed by atoms with Crippen molar-refractivity contribution in [2.75, 3.05) is 13.2 Å². The predicted molar refractivity (Wildman–Crippen MR) is 75.5 cm³/mol. The minimum absolute atomic E-state index is 0.183. The maximum absolute atomic E-state index is 12.1. The van der Waals surface area contributed by atoms with Crippen molar-refractivity contribution in [2.45, 2.75) is 13.1 Å². The summed E-state index contributed by atoms with van der Waals surface area (Å²) in [5, 5.41) is 0. The fraction of sp³-hybridized carbons (Fsp3) is 0.333. The number of aromatic nitrogens is 2. The van der Waals surface area contributed by atoms with Gasteiger partial charge >= 0.3 is 0 Å². The molecule has 0 radical (unpaired) electrons. The Hall–Kier alpha value is -2.14. The first-order valence-corrected chi connectivity index (χ1v) is 6.72. The van der Waals surface area contributed by atoms with Crippen LogP contribution in [0, 0.1) is 0 Å². The Morgan fingerprint density at radius 3 is 2.70 bits per heavy atom. The average molecular weight is 270 g/mol. The molecule has 1 aliphatic rings. The molecule has 1 aromatic heterocycles. The van der Waals surface area contributed by atoms with Gasteiger partial charge in [0, 0.05) is 26.0 Å². The van der Waals surface area contributed by atoms with Crippen LogP contribution in [0.25, 0.3) is 0 Å². The van der Waals surface area contributed by atoms with Crippen LogP contribution in [0.5, 0.6) is 0 Å². The smallest absolute Gasteiger partial charge is 0.238 e. The van der Waals surface area contributed by atoms with Crippen molar-refractivity contribution in [1.82, 2.24) is 19.4 Å². The highest BCUT2D eigenvalue weighted by atomic mass is 16.2. The molecule has 1 saturated heterocycles. The van der Waals surface area contributed by atoms with E-state index in [1.807, 2.05) is 40.9 Å². The first-order chi connectivity index (χ1) is 9.72. The van der Waals surface area contributed by atoms with Crippen molar-refractivity contribution >= 4 is 5.91 Å². The van der Waals surface area contributed by atoms with Gasteiger partial charge in [0.1, 0.15) is 5.82 Å². The Morgan fingerprint density at radius 2 is 2.00 bits per heavy atom. The van der Waals surface area contributed by atoms with Gasteiger partial charge in [0.15, 0.2) is 0 Å². The number of rotatable bonds is 4. The number of hydrogen-bond acceptors (Lipinski definition) is 3. The maximum Gasteiger partial charge on any atom is 0.238 e. The number of imidazole rings is 1. The van der Waals surface area contributed by atoms with Crippen LogP contribution in [0.3, 0.4) is 0 Å². The summed E-state index contributed by atoms with van der Waals surface area (Å²) in [6, 6.07) is 10.1. The minimum Gasteiger partial charge on any atom is -0.337 e. The van der Waals surface area contributed by atoms with Crippen LogP contribution < -0.4 is 0 Å². The SMILES string of the molecule is Cn1ccnc1CN1CC(=O)N(Cc2ccccc2)C1. The summed E-state index contributed by atoms with van der Waals surface area (Å²) in [7, 11) is 1.97. The normalized spacial score (nSPS) is 16.1. The second-order valence-corrected chi connectivity index (χ2v) is 5.16. The second kappa shape index (κ2) is 5.46. The zero-order chi connectivity index (χ0) is 13.9. The number of aryl methyl sites for hydroxylation is 1. The molecule has 1 aliphatic heterocycles. The highest BCUT2D eigenvalue weighted by Gasteiger charge is 2.27. The molecule has 1 aromatic carbocycles. The molecular weight excluding hydrogens is 252 g/mol. The zero-order valence-corrected chi connectivity index (χ0v) is 11.6. The molecule has 2 aromatic rings.